The van der Waals surface area contributed by atoms with Gasteiger partial charge in [0.1, 0.15) is 0 Å². The second-order valence-corrected chi connectivity index (χ2v) is 6.22. The maximum Gasteiger partial charge on any atom is 0.325 e. The van der Waals surface area contributed by atoms with Crippen LogP contribution in [0.4, 0.5) is 21.3 Å². The molecule has 3 aromatic rings. The highest BCUT2D eigenvalue weighted by molar-refractivity contribution is 7.14. The molecule has 0 saturated carbocycles. The number of halogens is 1. The number of hydrogen-bond acceptors (Lipinski definition) is 5. The van der Waals surface area contributed by atoms with E-state index >= 15 is 0 Å². The van der Waals surface area contributed by atoms with E-state index in [0.717, 1.165) is 11.3 Å². The SMILES string of the molecule is O=C(Nc1ccc([N+](=O)[O-])cc1)Nc1nc(-c2ccc(Cl)cc2)cs1. The Hall–Kier alpha value is -2.97. The Kier molecular flexibility index (Phi) is 4.92. The molecule has 1 aromatic heterocycles. The number of benzene rings is 2. The Morgan fingerprint density at radius 2 is 1.76 bits per heavy atom. The minimum atomic E-state index is -0.502. The van der Waals surface area contributed by atoms with Crippen LogP contribution in [0, 0.1) is 10.1 Å². The average molecular weight is 375 g/mol. The third kappa shape index (κ3) is 4.31. The molecule has 7 nitrogen and oxygen atoms in total. The van der Waals surface area contributed by atoms with E-state index in [4.69, 9.17) is 11.6 Å². The van der Waals surface area contributed by atoms with Crippen LogP contribution in [0.25, 0.3) is 11.3 Å². The van der Waals surface area contributed by atoms with Crippen LogP contribution in [0.5, 0.6) is 0 Å². The summed E-state index contributed by atoms with van der Waals surface area (Å²) in [5, 5.41) is 18.7. The lowest BCUT2D eigenvalue weighted by molar-refractivity contribution is -0.384. The van der Waals surface area contributed by atoms with Crippen LogP contribution in [-0.2, 0) is 0 Å². The van der Waals surface area contributed by atoms with Crippen LogP contribution in [0.15, 0.2) is 53.9 Å². The summed E-state index contributed by atoms with van der Waals surface area (Å²) in [7, 11) is 0. The molecule has 0 radical (unpaired) electrons. The first kappa shape index (κ1) is 16.9. The van der Waals surface area contributed by atoms with Crippen molar-refractivity contribution in [2.45, 2.75) is 0 Å². The molecular formula is C16H11ClN4O3S. The summed E-state index contributed by atoms with van der Waals surface area (Å²) in [6.07, 6.45) is 0. The van der Waals surface area contributed by atoms with Crippen molar-refractivity contribution in [3.63, 3.8) is 0 Å². The van der Waals surface area contributed by atoms with Gasteiger partial charge in [-0.05, 0) is 24.3 Å². The Bertz CT molecular complexity index is 910. The van der Waals surface area contributed by atoms with E-state index in [0.29, 0.717) is 15.8 Å². The van der Waals surface area contributed by atoms with Gasteiger partial charge in [-0.3, -0.25) is 15.4 Å². The molecule has 0 unspecified atom stereocenters. The fourth-order valence-corrected chi connectivity index (χ4v) is 2.85. The number of thiazole rings is 1. The van der Waals surface area contributed by atoms with Crippen molar-refractivity contribution in [1.29, 1.82) is 0 Å². The molecule has 0 atom stereocenters. The number of carbonyl (C=O) groups excluding carboxylic acids is 1. The van der Waals surface area contributed by atoms with Gasteiger partial charge in [0, 0.05) is 33.8 Å². The maximum atomic E-state index is 12.0. The number of rotatable bonds is 4. The van der Waals surface area contributed by atoms with Crippen LogP contribution in [0.2, 0.25) is 5.02 Å². The molecule has 2 aromatic carbocycles. The summed E-state index contributed by atoms with van der Waals surface area (Å²) in [5.41, 5.74) is 2.02. The Morgan fingerprint density at radius 3 is 2.40 bits per heavy atom. The molecule has 2 amide bonds. The van der Waals surface area contributed by atoms with E-state index in [-0.39, 0.29) is 5.69 Å². The van der Waals surface area contributed by atoms with Crippen molar-refractivity contribution in [3.05, 3.63) is 69.0 Å². The van der Waals surface area contributed by atoms with E-state index < -0.39 is 11.0 Å². The largest absolute Gasteiger partial charge is 0.325 e. The second kappa shape index (κ2) is 7.29. The van der Waals surface area contributed by atoms with Gasteiger partial charge in [0.05, 0.1) is 10.6 Å². The van der Waals surface area contributed by atoms with Crippen LogP contribution >= 0.6 is 22.9 Å². The summed E-state index contributed by atoms with van der Waals surface area (Å²) in [4.78, 5) is 26.4. The van der Waals surface area contributed by atoms with Crippen molar-refractivity contribution >= 4 is 45.5 Å². The second-order valence-electron chi connectivity index (χ2n) is 4.93. The Labute approximate surface area is 151 Å². The zero-order valence-corrected chi connectivity index (χ0v) is 14.2. The predicted molar refractivity (Wildman–Crippen MR) is 98.3 cm³/mol. The molecular weight excluding hydrogens is 364 g/mol. The van der Waals surface area contributed by atoms with Gasteiger partial charge in [-0.2, -0.15) is 0 Å². The number of nitro benzene ring substituents is 1. The number of nitrogens with zero attached hydrogens (tertiary/aromatic N) is 2. The minimum absolute atomic E-state index is 0.0431. The highest BCUT2D eigenvalue weighted by Crippen LogP contribution is 2.26. The standard InChI is InChI=1S/C16H11ClN4O3S/c17-11-3-1-10(2-4-11)14-9-25-16(19-14)20-15(22)18-12-5-7-13(8-6-12)21(23)24/h1-9H,(H2,18,19,20,22). The topological polar surface area (TPSA) is 97.2 Å². The van der Waals surface area contributed by atoms with Crippen LogP contribution < -0.4 is 10.6 Å². The van der Waals surface area contributed by atoms with Gasteiger partial charge in [-0.1, -0.05) is 23.7 Å². The molecule has 0 bridgehead atoms. The van der Waals surface area contributed by atoms with Crippen molar-refractivity contribution in [2.24, 2.45) is 0 Å². The van der Waals surface area contributed by atoms with Crippen LogP contribution in [0.1, 0.15) is 0 Å². The third-order valence-corrected chi connectivity index (χ3v) is 4.21. The monoisotopic (exact) mass is 374 g/mol. The first-order valence-electron chi connectivity index (χ1n) is 7.05. The van der Waals surface area contributed by atoms with Gasteiger partial charge in [0.15, 0.2) is 5.13 Å². The highest BCUT2D eigenvalue weighted by atomic mass is 35.5. The highest BCUT2D eigenvalue weighted by Gasteiger charge is 2.09. The Balaban J connectivity index is 1.63. The molecule has 9 heteroatoms. The van der Waals surface area contributed by atoms with Crippen LogP contribution in [-0.4, -0.2) is 15.9 Å². The summed E-state index contributed by atoms with van der Waals surface area (Å²) >= 11 is 7.15. The molecule has 1 heterocycles. The number of nitrogens with one attached hydrogen (secondary N) is 2. The zero-order chi connectivity index (χ0) is 17.8. The lowest BCUT2D eigenvalue weighted by Crippen LogP contribution is -2.19. The van der Waals surface area contributed by atoms with Crippen molar-refractivity contribution in [1.82, 2.24) is 4.98 Å². The fourth-order valence-electron chi connectivity index (χ4n) is 2.01. The van der Waals surface area contributed by atoms with Crippen molar-refractivity contribution in [3.8, 4) is 11.3 Å². The number of aromatic nitrogens is 1. The normalized spacial score (nSPS) is 10.3. The number of amides is 2. The minimum Gasteiger partial charge on any atom is -0.308 e. The lowest BCUT2D eigenvalue weighted by Gasteiger charge is -2.05. The number of carbonyl (C=O) groups is 1. The molecule has 2 N–H and O–H groups in total. The summed E-state index contributed by atoms with van der Waals surface area (Å²) in [5.74, 6) is 0. The molecule has 0 saturated heterocycles. The Morgan fingerprint density at radius 1 is 1.08 bits per heavy atom. The smallest absolute Gasteiger partial charge is 0.308 e. The summed E-state index contributed by atoms with van der Waals surface area (Å²) < 4.78 is 0. The molecule has 0 aliphatic carbocycles. The van der Waals surface area contributed by atoms with E-state index in [9.17, 15) is 14.9 Å². The molecule has 126 valence electrons. The maximum absolute atomic E-state index is 12.0. The first-order valence-corrected chi connectivity index (χ1v) is 8.31. The summed E-state index contributed by atoms with van der Waals surface area (Å²) in [6, 6.07) is 12.3. The van der Waals surface area contributed by atoms with E-state index in [1.165, 1.54) is 35.6 Å². The van der Waals surface area contributed by atoms with Gasteiger partial charge >= 0.3 is 6.03 Å². The van der Waals surface area contributed by atoms with Gasteiger partial charge in [-0.15, -0.1) is 11.3 Å². The zero-order valence-electron chi connectivity index (χ0n) is 12.6. The number of non-ortho nitro benzene ring substituents is 1. The first-order chi connectivity index (χ1) is 12.0. The van der Waals surface area contributed by atoms with Gasteiger partial charge in [-0.25, -0.2) is 9.78 Å². The van der Waals surface area contributed by atoms with E-state index in [2.05, 4.69) is 15.6 Å². The number of urea groups is 1. The number of hydrogen-bond donors (Lipinski definition) is 2. The summed E-state index contributed by atoms with van der Waals surface area (Å²) in [6.45, 7) is 0. The molecule has 25 heavy (non-hydrogen) atoms. The molecule has 0 aliphatic heterocycles. The molecule has 3 rings (SSSR count). The van der Waals surface area contributed by atoms with Gasteiger partial charge < -0.3 is 5.32 Å². The van der Waals surface area contributed by atoms with Crippen LogP contribution in [0.3, 0.4) is 0 Å². The molecule has 0 fully saturated rings. The van der Waals surface area contributed by atoms with Gasteiger partial charge in [0.25, 0.3) is 5.69 Å². The third-order valence-electron chi connectivity index (χ3n) is 3.20. The fraction of sp³-hybridized carbons (Fsp3) is 0. The van der Waals surface area contributed by atoms with Crippen molar-refractivity contribution < 1.29 is 9.72 Å². The van der Waals surface area contributed by atoms with E-state index in [1.807, 2.05) is 17.5 Å². The quantitative estimate of drug-likeness (QED) is 0.495. The number of nitro groups is 1. The van der Waals surface area contributed by atoms with E-state index in [1.54, 1.807) is 12.1 Å². The lowest BCUT2D eigenvalue weighted by atomic mass is 10.2. The van der Waals surface area contributed by atoms with Crippen molar-refractivity contribution in [2.75, 3.05) is 10.6 Å². The molecule has 0 spiro atoms. The number of anilines is 2. The average Bonchev–Trinajstić information content (AvgIpc) is 3.04. The molecule has 0 aliphatic rings. The van der Waals surface area contributed by atoms with Gasteiger partial charge in [0.2, 0.25) is 0 Å². The predicted octanol–water partition coefficient (Wildman–Crippen LogP) is 5.02.